The van der Waals surface area contributed by atoms with Gasteiger partial charge in [-0.15, -0.1) is 11.6 Å². The number of alkyl halides is 1. The van der Waals surface area contributed by atoms with Gasteiger partial charge >= 0.3 is 5.97 Å². The van der Waals surface area contributed by atoms with Gasteiger partial charge in [0.15, 0.2) is 5.43 Å². The Morgan fingerprint density at radius 1 is 1.17 bits per heavy atom. The van der Waals surface area contributed by atoms with E-state index < -0.39 is 5.97 Å². The van der Waals surface area contributed by atoms with Crippen LogP contribution in [0.2, 0.25) is 0 Å². The molecule has 1 heterocycles. The van der Waals surface area contributed by atoms with Gasteiger partial charge in [0.1, 0.15) is 11.3 Å². The summed E-state index contributed by atoms with van der Waals surface area (Å²) in [6.07, 6.45) is 4.09. The molecule has 0 aliphatic rings. The molecule has 0 saturated carbocycles. The predicted molar refractivity (Wildman–Crippen MR) is 93.1 cm³/mol. The molecule has 24 heavy (non-hydrogen) atoms. The molecule has 0 radical (unpaired) electrons. The van der Waals surface area contributed by atoms with Crippen LogP contribution in [0.5, 0.6) is 5.75 Å². The van der Waals surface area contributed by atoms with Gasteiger partial charge in [-0.05, 0) is 31.9 Å². The molecule has 0 saturated heterocycles. The first-order valence-electron chi connectivity index (χ1n) is 8.09. The van der Waals surface area contributed by atoms with Gasteiger partial charge in [0.05, 0.1) is 18.6 Å². The van der Waals surface area contributed by atoms with Gasteiger partial charge in [0.25, 0.3) is 0 Å². The van der Waals surface area contributed by atoms with Crippen molar-refractivity contribution >= 4 is 28.5 Å². The highest BCUT2D eigenvalue weighted by atomic mass is 35.5. The molecule has 0 unspecified atom stereocenters. The zero-order chi connectivity index (χ0) is 17.4. The van der Waals surface area contributed by atoms with E-state index in [1.54, 1.807) is 25.1 Å². The quantitative estimate of drug-likeness (QED) is 0.385. The smallest absolute Gasteiger partial charge is 0.374 e. The average molecular weight is 353 g/mol. The number of fused-ring (bicyclic) bond motifs is 1. The molecule has 6 heteroatoms. The zero-order valence-electron chi connectivity index (χ0n) is 13.7. The summed E-state index contributed by atoms with van der Waals surface area (Å²) in [7, 11) is 0. The number of hydrogen-bond donors (Lipinski definition) is 0. The van der Waals surface area contributed by atoms with Gasteiger partial charge < -0.3 is 13.9 Å². The molecule has 0 bridgehead atoms. The van der Waals surface area contributed by atoms with Crippen molar-refractivity contribution in [2.45, 2.75) is 32.6 Å². The SMILES string of the molecule is CCOC(=O)c1cc(=O)c2ccc(OCCCCCCCl)cc2o1. The lowest BCUT2D eigenvalue weighted by atomic mass is 10.2. The number of hydrogen-bond acceptors (Lipinski definition) is 5. The van der Waals surface area contributed by atoms with Crippen molar-refractivity contribution in [2.75, 3.05) is 19.1 Å². The molecule has 5 nitrogen and oxygen atoms in total. The fraction of sp³-hybridized carbons (Fsp3) is 0.444. The minimum atomic E-state index is -0.651. The molecular weight excluding hydrogens is 332 g/mol. The van der Waals surface area contributed by atoms with Crippen molar-refractivity contribution in [1.29, 1.82) is 0 Å². The average Bonchev–Trinajstić information content (AvgIpc) is 2.58. The number of carbonyl (C=O) groups excluding carboxylic acids is 1. The number of rotatable bonds is 9. The van der Waals surface area contributed by atoms with Crippen LogP contribution < -0.4 is 10.2 Å². The summed E-state index contributed by atoms with van der Waals surface area (Å²) >= 11 is 5.63. The number of esters is 1. The van der Waals surface area contributed by atoms with Crippen molar-refractivity contribution in [3.8, 4) is 5.75 Å². The molecule has 0 amide bonds. The van der Waals surface area contributed by atoms with Gasteiger partial charge in [-0.25, -0.2) is 4.79 Å². The van der Waals surface area contributed by atoms with E-state index in [0.29, 0.717) is 29.2 Å². The molecule has 2 aromatic rings. The van der Waals surface area contributed by atoms with Crippen LogP contribution in [0.25, 0.3) is 11.0 Å². The maximum absolute atomic E-state index is 12.1. The fourth-order valence-corrected chi connectivity index (χ4v) is 2.46. The second-order valence-corrected chi connectivity index (χ2v) is 5.68. The third-order valence-corrected chi connectivity index (χ3v) is 3.74. The summed E-state index contributed by atoms with van der Waals surface area (Å²) < 4.78 is 16.0. The summed E-state index contributed by atoms with van der Waals surface area (Å²) in [6.45, 7) is 2.49. The van der Waals surface area contributed by atoms with Gasteiger partial charge in [-0.1, -0.05) is 12.8 Å². The van der Waals surface area contributed by atoms with Crippen LogP contribution in [0, 0.1) is 0 Å². The van der Waals surface area contributed by atoms with Crippen molar-refractivity contribution in [1.82, 2.24) is 0 Å². The van der Waals surface area contributed by atoms with E-state index in [9.17, 15) is 9.59 Å². The molecule has 0 atom stereocenters. The Bertz CT molecular complexity index is 738. The molecule has 0 aliphatic carbocycles. The van der Waals surface area contributed by atoms with Crippen LogP contribution in [0.3, 0.4) is 0 Å². The van der Waals surface area contributed by atoms with Gasteiger partial charge in [0.2, 0.25) is 5.76 Å². The van der Waals surface area contributed by atoms with Crippen LogP contribution in [0.15, 0.2) is 33.5 Å². The Kier molecular flexibility index (Phi) is 7.12. The van der Waals surface area contributed by atoms with Crippen molar-refractivity contribution in [3.63, 3.8) is 0 Å². The first-order valence-corrected chi connectivity index (χ1v) is 8.63. The molecule has 2 rings (SSSR count). The highest BCUT2D eigenvalue weighted by Gasteiger charge is 2.13. The monoisotopic (exact) mass is 352 g/mol. The number of halogens is 1. The number of carbonyl (C=O) groups is 1. The molecule has 130 valence electrons. The lowest BCUT2D eigenvalue weighted by molar-refractivity contribution is 0.0490. The Morgan fingerprint density at radius 3 is 2.71 bits per heavy atom. The van der Waals surface area contributed by atoms with Crippen LogP contribution in [-0.2, 0) is 4.74 Å². The number of unbranched alkanes of at least 4 members (excludes halogenated alkanes) is 3. The zero-order valence-corrected chi connectivity index (χ0v) is 14.4. The third kappa shape index (κ3) is 4.99. The van der Waals surface area contributed by atoms with Crippen LogP contribution in [-0.4, -0.2) is 25.1 Å². The summed E-state index contributed by atoms with van der Waals surface area (Å²) in [5.74, 6) is 0.534. The topological polar surface area (TPSA) is 65.7 Å². The van der Waals surface area contributed by atoms with Gasteiger partial charge in [-0.3, -0.25) is 4.79 Å². The standard InChI is InChI=1S/C18H21ClO5/c1-2-22-18(21)17-12-15(20)14-8-7-13(11-16(14)24-17)23-10-6-4-3-5-9-19/h7-8,11-12H,2-6,9-10H2,1H3. The third-order valence-electron chi connectivity index (χ3n) is 3.47. The van der Waals surface area contributed by atoms with Crippen molar-refractivity contribution in [3.05, 3.63) is 40.2 Å². The van der Waals surface area contributed by atoms with E-state index in [2.05, 4.69) is 0 Å². The lowest BCUT2D eigenvalue weighted by Gasteiger charge is -2.07. The van der Waals surface area contributed by atoms with E-state index in [0.717, 1.165) is 31.7 Å². The second kappa shape index (κ2) is 9.33. The van der Waals surface area contributed by atoms with Crippen molar-refractivity contribution < 1.29 is 18.7 Å². The van der Waals surface area contributed by atoms with E-state index >= 15 is 0 Å². The maximum atomic E-state index is 12.1. The molecule has 1 aromatic heterocycles. The fourth-order valence-electron chi connectivity index (χ4n) is 2.27. The Balaban J connectivity index is 2.08. The molecule has 0 spiro atoms. The molecular formula is C18H21ClO5. The van der Waals surface area contributed by atoms with E-state index in [1.807, 2.05) is 0 Å². The van der Waals surface area contributed by atoms with Crippen LogP contribution >= 0.6 is 11.6 Å². The molecule has 0 N–H and O–H groups in total. The minimum absolute atomic E-state index is 0.104. The predicted octanol–water partition coefficient (Wildman–Crippen LogP) is 4.15. The van der Waals surface area contributed by atoms with E-state index in [1.165, 1.54) is 0 Å². The Morgan fingerprint density at radius 2 is 1.96 bits per heavy atom. The second-order valence-electron chi connectivity index (χ2n) is 5.30. The summed E-state index contributed by atoms with van der Waals surface area (Å²) in [5.41, 5.74) is 0.0251. The minimum Gasteiger partial charge on any atom is -0.493 e. The number of ether oxygens (including phenoxy) is 2. The highest BCUT2D eigenvalue weighted by Crippen LogP contribution is 2.20. The normalized spacial score (nSPS) is 10.8. The molecule has 1 aromatic carbocycles. The molecule has 0 aliphatic heterocycles. The van der Waals surface area contributed by atoms with E-state index in [-0.39, 0.29) is 17.8 Å². The number of benzene rings is 1. The largest absolute Gasteiger partial charge is 0.493 e. The Hall–Kier alpha value is -2.01. The summed E-state index contributed by atoms with van der Waals surface area (Å²) in [6, 6.07) is 6.14. The highest BCUT2D eigenvalue weighted by molar-refractivity contribution is 6.17. The maximum Gasteiger partial charge on any atom is 0.374 e. The summed E-state index contributed by atoms with van der Waals surface area (Å²) in [4.78, 5) is 23.8. The Labute approximate surface area is 145 Å². The van der Waals surface area contributed by atoms with Gasteiger partial charge in [0, 0.05) is 18.0 Å². The van der Waals surface area contributed by atoms with Gasteiger partial charge in [-0.2, -0.15) is 0 Å². The molecule has 0 fully saturated rings. The first-order chi connectivity index (χ1) is 11.7. The van der Waals surface area contributed by atoms with E-state index in [4.69, 9.17) is 25.5 Å². The summed E-state index contributed by atoms with van der Waals surface area (Å²) in [5, 5.41) is 0.400. The van der Waals surface area contributed by atoms with Crippen molar-refractivity contribution in [2.24, 2.45) is 0 Å². The lowest BCUT2D eigenvalue weighted by Crippen LogP contribution is -2.10. The van der Waals surface area contributed by atoms with Crippen LogP contribution in [0.1, 0.15) is 43.2 Å². The first kappa shape index (κ1) is 18.3. The van der Waals surface area contributed by atoms with Crippen LogP contribution in [0.4, 0.5) is 0 Å².